The van der Waals surface area contributed by atoms with Crippen LogP contribution in [0.1, 0.15) is 6.92 Å². The Morgan fingerprint density at radius 1 is 1.32 bits per heavy atom. The number of rotatable bonds is 6. The molecule has 2 N–H and O–H groups in total. The molecule has 0 saturated carbocycles. The molecule has 0 aliphatic carbocycles. The highest BCUT2D eigenvalue weighted by molar-refractivity contribution is 7.99. The number of nitrogens with zero attached hydrogens (tertiary/aromatic N) is 1. The number of amides is 2. The fraction of sp³-hybridized carbons (Fsp3) is 0.727. The van der Waals surface area contributed by atoms with Gasteiger partial charge in [0.05, 0.1) is 5.75 Å². The van der Waals surface area contributed by atoms with E-state index in [1.807, 2.05) is 0 Å². The average Bonchev–Trinajstić information content (AvgIpc) is 2.37. The standard InChI is InChI=1S/C11H21N3O3S2/c1-10(2)9-13-11(15)12-3-8-19(16,17)14-4-6-18-7-5-14/h1,3-9H2,2H3,(H2,12,13,15). The topological polar surface area (TPSA) is 78.5 Å². The summed E-state index contributed by atoms with van der Waals surface area (Å²) in [6, 6.07) is -0.368. The molecule has 0 bridgehead atoms. The van der Waals surface area contributed by atoms with E-state index in [0.29, 0.717) is 19.6 Å². The van der Waals surface area contributed by atoms with E-state index in [1.165, 1.54) is 4.31 Å². The predicted octanol–water partition coefficient (Wildman–Crippen LogP) is 0.240. The lowest BCUT2D eigenvalue weighted by molar-refractivity contribution is 0.242. The molecule has 8 heteroatoms. The highest BCUT2D eigenvalue weighted by Gasteiger charge is 2.23. The molecule has 0 atom stereocenters. The molecule has 6 nitrogen and oxygen atoms in total. The molecule has 0 radical (unpaired) electrons. The van der Waals surface area contributed by atoms with Crippen molar-refractivity contribution in [1.29, 1.82) is 0 Å². The Kier molecular flexibility index (Phi) is 6.67. The molecule has 1 aliphatic heterocycles. The minimum atomic E-state index is -3.25. The zero-order valence-electron chi connectivity index (χ0n) is 11.1. The Morgan fingerprint density at radius 2 is 1.95 bits per heavy atom. The van der Waals surface area contributed by atoms with E-state index >= 15 is 0 Å². The third kappa shape index (κ3) is 6.31. The van der Waals surface area contributed by atoms with Crippen LogP contribution in [0, 0.1) is 0 Å². The Morgan fingerprint density at radius 3 is 2.53 bits per heavy atom. The van der Waals surface area contributed by atoms with Crippen LogP contribution < -0.4 is 10.6 Å². The zero-order chi connectivity index (χ0) is 14.3. The van der Waals surface area contributed by atoms with Crippen LogP contribution >= 0.6 is 11.8 Å². The summed E-state index contributed by atoms with van der Waals surface area (Å²) in [6.45, 7) is 7.10. The number of carbonyl (C=O) groups excluding carboxylic acids is 1. The fourth-order valence-corrected chi connectivity index (χ4v) is 4.03. The number of thioether (sulfide) groups is 1. The van der Waals surface area contributed by atoms with Crippen LogP contribution in [-0.4, -0.2) is 62.2 Å². The smallest absolute Gasteiger partial charge is 0.315 e. The lowest BCUT2D eigenvalue weighted by atomic mass is 10.3. The maximum absolute atomic E-state index is 12.0. The van der Waals surface area contributed by atoms with Crippen molar-refractivity contribution in [1.82, 2.24) is 14.9 Å². The highest BCUT2D eigenvalue weighted by Crippen LogP contribution is 2.12. The molecule has 1 aliphatic rings. The van der Waals surface area contributed by atoms with E-state index in [0.717, 1.165) is 17.1 Å². The summed E-state index contributed by atoms with van der Waals surface area (Å²) in [5.41, 5.74) is 0.841. The van der Waals surface area contributed by atoms with Crippen LogP contribution in [0.25, 0.3) is 0 Å². The minimum Gasteiger partial charge on any atom is -0.337 e. The predicted molar refractivity (Wildman–Crippen MR) is 78.9 cm³/mol. The first kappa shape index (κ1) is 16.3. The van der Waals surface area contributed by atoms with Crippen molar-refractivity contribution in [2.45, 2.75) is 6.92 Å². The lowest BCUT2D eigenvalue weighted by Gasteiger charge is -2.25. The molecule has 19 heavy (non-hydrogen) atoms. The normalized spacial score (nSPS) is 16.9. The van der Waals surface area contributed by atoms with Crippen LogP contribution in [0.5, 0.6) is 0 Å². The van der Waals surface area contributed by atoms with Gasteiger partial charge in [0.2, 0.25) is 10.0 Å². The number of sulfonamides is 1. The van der Waals surface area contributed by atoms with Gasteiger partial charge in [-0.25, -0.2) is 17.5 Å². The Labute approximate surface area is 119 Å². The lowest BCUT2D eigenvalue weighted by Crippen LogP contribution is -2.43. The van der Waals surface area contributed by atoms with Crippen LogP contribution in [0.2, 0.25) is 0 Å². The van der Waals surface area contributed by atoms with E-state index in [-0.39, 0.29) is 18.3 Å². The molecule has 1 fully saturated rings. The molecule has 0 aromatic carbocycles. The Balaban J connectivity index is 2.27. The molecule has 0 aromatic heterocycles. The first-order chi connectivity index (χ1) is 8.92. The summed E-state index contributed by atoms with van der Waals surface area (Å²) in [6.07, 6.45) is 0. The largest absolute Gasteiger partial charge is 0.337 e. The molecule has 1 heterocycles. The Bertz CT molecular complexity index is 417. The van der Waals surface area contributed by atoms with Gasteiger partial charge in [-0.3, -0.25) is 0 Å². The first-order valence-electron chi connectivity index (χ1n) is 6.13. The van der Waals surface area contributed by atoms with Crippen LogP contribution in [0.3, 0.4) is 0 Å². The third-order valence-corrected chi connectivity index (χ3v) is 5.37. The maximum Gasteiger partial charge on any atom is 0.315 e. The van der Waals surface area contributed by atoms with Crippen LogP contribution in [0.4, 0.5) is 4.79 Å². The van der Waals surface area contributed by atoms with E-state index < -0.39 is 10.0 Å². The van der Waals surface area contributed by atoms with Crippen molar-refractivity contribution >= 4 is 27.8 Å². The summed E-state index contributed by atoms with van der Waals surface area (Å²) in [7, 11) is -3.25. The first-order valence-corrected chi connectivity index (χ1v) is 8.90. The van der Waals surface area contributed by atoms with Crippen molar-refractivity contribution in [3.05, 3.63) is 12.2 Å². The summed E-state index contributed by atoms with van der Waals surface area (Å²) in [4.78, 5) is 11.3. The van der Waals surface area contributed by atoms with Crippen molar-refractivity contribution in [3.8, 4) is 0 Å². The van der Waals surface area contributed by atoms with Crippen molar-refractivity contribution in [2.75, 3.05) is 43.4 Å². The Hall–Kier alpha value is -0.730. The van der Waals surface area contributed by atoms with Gasteiger partial charge in [-0.05, 0) is 6.92 Å². The van der Waals surface area contributed by atoms with Gasteiger partial charge < -0.3 is 10.6 Å². The maximum atomic E-state index is 12.0. The van der Waals surface area contributed by atoms with Gasteiger partial charge in [-0.1, -0.05) is 12.2 Å². The van der Waals surface area contributed by atoms with Crippen molar-refractivity contribution < 1.29 is 13.2 Å². The van der Waals surface area contributed by atoms with E-state index in [1.54, 1.807) is 18.7 Å². The van der Waals surface area contributed by atoms with Gasteiger partial charge in [0.25, 0.3) is 0 Å². The van der Waals surface area contributed by atoms with Crippen LogP contribution in [0.15, 0.2) is 12.2 Å². The second-order valence-electron chi connectivity index (χ2n) is 4.39. The monoisotopic (exact) mass is 307 g/mol. The number of hydrogen-bond donors (Lipinski definition) is 2. The van der Waals surface area contributed by atoms with Gasteiger partial charge in [-0.2, -0.15) is 11.8 Å². The molecule has 0 aromatic rings. The zero-order valence-corrected chi connectivity index (χ0v) is 12.8. The van der Waals surface area contributed by atoms with Crippen molar-refractivity contribution in [3.63, 3.8) is 0 Å². The summed E-state index contributed by atoms with van der Waals surface area (Å²) in [5.74, 6) is 1.62. The molecule has 2 amide bonds. The van der Waals surface area contributed by atoms with Gasteiger partial charge in [0, 0.05) is 37.7 Å². The molecular weight excluding hydrogens is 286 g/mol. The van der Waals surface area contributed by atoms with Gasteiger partial charge in [-0.15, -0.1) is 0 Å². The number of nitrogens with one attached hydrogen (secondary N) is 2. The van der Waals surface area contributed by atoms with E-state index in [4.69, 9.17) is 0 Å². The van der Waals surface area contributed by atoms with Crippen molar-refractivity contribution in [2.24, 2.45) is 0 Å². The summed E-state index contributed by atoms with van der Waals surface area (Å²) in [5, 5.41) is 5.12. The number of carbonyl (C=O) groups is 1. The second kappa shape index (κ2) is 7.76. The van der Waals surface area contributed by atoms with Gasteiger partial charge in [0.15, 0.2) is 0 Å². The quantitative estimate of drug-likeness (QED) is 0.689. The molecular formula is C11H21N3O3S2. The minimum absolute atomic E-state index is 0.0574. The third-order valence-electron chi connectivity index (χ3n) is 2.56. The molecule has 0 spiro atoms. The van der Waals surface area contributed by atoms with Gasteiger partial charge in [0.1, 0.15) is 0 Å². The van der Waals surface area contributed by atoms with Crippen LogP contribution in [-0.2, 0) is 10.0 Å². The number of urea groups is 1. The molecule has 1 rings (SSSR count). The summed E-state index contributed by atoms with van der Waals surface area (Å²) >= 11 is 1.76. The highest BCUT2D eigenvalue weighted by atomic mass is 32.2. The molecule has 110 valence electrons. The van der Waals surface area contributed by atoms with E-state index in [9.17, 15) is 13.2 Å². The molecule has 0 unspecified atom stereocenters. The fourth-order valence-electron chi connectivity index (χ4n) is 1.54. The second-order valence-corrected chi connectivity index (χ2v) is 7.71. The molecule has 1 saturated heterocycles. The SMILES string of the molecule is C=C(C)CNC(=O)NCCS(=O)(=O)N1CCSCC1. The van der Waals surface area contributed by atoms with Gasteiger partial charge >= 0.3 is 6.03 Å². The average molecular weight is 307 g/mol. The van der Waals surface area contributed by atoms with E-state index in [2.05, 4.69) is 17.2 Å². The number of hydrogen-bond acceptors (Lipinski definition) is 4. The summed E-state index contributed by atoms with van der Waals surface area (Å²) < 4.78 is 25.4.